The maximum Gasteiger partial charge on any atom is 0.248 e. The van der Waals surface area contributed by atoms with E-state index >= 15 is 0 Å². The number of nitrogen functional groups attached to an aromatic ring is 1. The fraction of sp³-hybridized carbons (Fsp3) is 0.455. The molecule has 1 aromatic heterocycles. The van der Waals surface area contributed by atoms with Crippen LogP contribution in [0.15, 0.2) is 36.5 Å². The summed E-state index contributed by atoms with van der Waals surface area (Å²) in [5.41, 5.74) is 7.36. The van der Waals surface area contributed by atoms with Crippen LogP contribution >= 0.6 is 0 Å². The fourth-order valence-electron chi connectivity index (χ4n) is 4.11. The molecule has 0 radical (unpaired) electrons. The van der Waals surface area contributed by atoms with E-state index in [4.69, 9.17) is 10.5 Å². The number of nitrogens with zero attached hydrogens (tertiary/aromatic N) is 4. The molecule has 0 saturated carbocycles. The zero-order chi connectivity index (χ0) is 21.8. The van der Waals surface area contributed by atoms with Crippen molar-refractivity contribution in [1.29, 1.82) is 0 Å². The summed E-state index contributed by atoms with van der Waals surface area (Å²) in [6.45, 7) is 2.42. The number of likely N-dealkylation sites (tertiary alicyclic amines) is 2. The quantitative estimate of drug-likeness (QED) is 0.501. The summed E-state index contributed by atoms with van der Waals surface area (Å²) < 4.78 is 7.01. The van der Waals surface area contributed by atoms with E-state index in [-0.39, 0.29) is 30.1 Å². The van der Waals surface area contributed by atoms with Crippen LogP contribution in [-0.4, -0.2) is 76.6 Å². The van der Waals surface area contributed by atoms with Crippen molar-refractivity contribution in [3.05, 3.63) is 42.1 Å². The number of hydrogen-bond donors (Lipinski definition) is 1. The molecular formula is C22H27N5O4. The van der Waals surface area contributed by atoms with Crippen molar-refractivity contribution in [3.8, 4) is 5.69 Å². The average Bonchev–Trinajstić information content (AvgIpc) is 3.51. The minimum Gasteiger partial charge on any atom is -0.383 e. The SMILES string of the molecule is Nc1c(C(=O)[C@H]2CCN(C(=O)COCCN3CCCC3=O)C2)cnn1-c1ccccc1. The topological polar surface area (TPSA) is 111 Å². The molecule has 1 atom stereocenters. The molecule has 164 valence electrons. The van der Waals surface area contributed by atoms with Gasteiger partial charge in [-0.25, -0.2) is 4.68 Å². The van der Waals surface area contributed by atoms with Gasteiger partial charge >= 0.3 is 0 Å². The number of ketones is 1. The predicted molar refractivity (Wildman–Crippen MR) is 114 cm³/mol. The Morgan fingerprint density at radius 2 is 2.00 bits per heavy atom. The second kappa shape index (κ2) is 9.30. The van der Waals surface area contributed by atoms with Gasteiger partial charge in [-0.3, -0.25) is 14.4 Å². The number of carbonyl (C=O) groups is 3. The Morgan fingerprint density at radius 1 is 1.19 bits per heavy atom. The summed E-state index contributed by atoms with van der Waals surface area (Å²) in [7, 11) is 0. The number of ether oxygens (including phenoxy) is 1. The van der Waals surface area contributed by atoms with Gasteiger partial charge in [-0.05, 0) is 25.0 Å². The van der Waals surface area contributed by atoms with Gasteiger partial charge in [0.15, 0.2) is 5.78 Å². The van der Waals surface area contributed by atoms with Crippen LogP contribution in [0.2, 0.25) is 0 Å². The molecule has 0 spiro atoms. The maximum atomic E-state index is 13.0. The molecule has 0 bridgehead atoms. The first kappa shape index (κ1) is 21.0. The summed E-state index contributed by atoms with van der Waals surface area (Å²) in [6, 6.07) is 9.39. The Bertz CT molecular complexity index is 958. The molecular weight excluding hydrogens is 398 g/mol. The predicted octanol–water partition coefficient (Wildman–Crippen LogP) is 1.12. The van der Waals surface area contributed by atoms with Gasteiger partial charge in [-0.1, -0.05) is 18.2 Å². The van der Waals surface area contributed by atoms with Gasteiger partial charge in [0.25, 0.3) is 0 Å². The van der Waals surface area contributed by atoms with E-state index in [2.05, 4.69) is 5.10 Å². The molecule has 9 heteroatoms. The van der Waals surface area contributed by atoms with Crippen molar-refractivity contribution in [3.63, 3.8) is 0 Å². The van der Waals surface area contributed by atoms with Crippen molar-refractivity contribution < 1.29 is 19.1 Å². The van der Waals surface area contributed by atoms with Crippen LogP contribution in [-0.2, 0) is 14.3 Å². The minimum atomic E-state index is -0.304. The van der Waals surface area contributed by atoms with Gasteiger partial charge in [-0.15, -0.1) is 0 Å². The molecule has 1 aromatic carbocycles. The number of para-hydroxylation sites is 1. The standard InChI is InChI=1S/C22H27N5O4/c23-22-18(13-24-27(22)17-5-2-1-3-6-17)21(30)16-8-10-26(14-16)20(29)15-31-12-11-25-9-4-7-19(25)28/h1-3,5-6,13,16H,4,7-12,14-15,23H2/t16-/m0/s1. The summed E-state index contributed by atoms with van der Waals surface area (Å²) >= 11 is 0. The highest BCUT2D eigenvalue weighted by atomic mass is 16.5. The fourth-order valence-corrected chi connectivity index (χ4v) is 4.11. The van der Waals surface area contributed by atoms with Crippen molar-refractivity contribution in [1.82, 2.24) is 19.6 Å². The van der Waals surface area contributed by atoms with Crippen molar-refractivity contribution in [2.24, 2.45) is 5.92 Å². The highest BCUT2D eigenvalue weighted by molar-refractivity contribution is 6.02. The first-order valence-electron chi connectivity index (χ1n) is 10.6. The Morgan fingerprint density at radius 3 is 2.74 bits per heavy atom. The van der Waals surface area contributed by atoms with Gasteiger partial charge in [0.05, 0.1) is 24.1 Å². The van der Waals surface area contributed by atoms with E-state index < -0.39 is 0 Å². The monoisotopic (exact) mass is 425 g/mol. The molecule has 31 heavy (non-hydrogen) atoms. The second-order valence-electron chi connectivity index (χ2n) is 7.92. The molecule has 2 aromatic rings. The number of hydrogen-bond acceptors (Lipinski definition) is 6. The Balaban J connectivity index is 1.27. The molecule has 4 rings (SSSR count). The van der Waals surface area contributed by atoms with E-state index in [1.807, 2.05) is 30.3 Å². The summed E-state index contributed by atoms with van der Waals surface area (Å²) in [5, 5.41) is 4.26. The van der Waals surface area contributed by atoms with Crippen LogP contribution < -0.4 is 5.73 Å². The van der Waals surface area contributed by atoms with Crippen molar-refractivity contribution in [2.75, 3.05) is 45.1 Å². The van der Waals surface area contributed by atoms with E-state index in [1.165, 1.54) is 6.20 Å². The van der Waals surface area contributed by atoms with Crippen LogP contribution in [0.3, 0.4) is 0 Å². The molecule has 0 unspecified atom stereocenters. The Labute approximate surface area is 180 Å². The second-order valence-corrected chi connectivity index (χ2v) is 7.92. The zero-order valence-electron chi connectivity index (χ0n) is 17.4. The van der Waals surface area contributed by atoms with Gasteiger partial charge in [-0.2, -0.15) is 5.10 Å². The van der Waals surface area contributed by atoms with E-state index in [9.17, 15) is 14.4 Å². The highest BCUT2D eigenvalue weighted by Crippen LogP contribution is 2.25. The summed E-state index contributed by atoms with van der Waals surface area (Å²) in [5.74, 6) is -0.0900. The van der Waals surface area contributed by atoms with Gasteiger partial charge in [0, 0.05) is 38.5 Å². The lowest BCUT2D eigenvalue weighted by atomic mass is 9.98. The van der Waals surface area contributed by atoms with E-state index in [0.29, 0.717) is 50.5 Å². The lowest BCUT2D eigenvalue weighted by molar-refractivity contribution is -0.135. The van der Waals surface area contributed by atoms with Gasteiger partial charge in [0.2, 0.25) is 11.8 Å². The molecule has 2 aliphatic rings. The van der Waals surface area contributed by atoms with Crippen molar-refractivity contribution >= 4 is 23.4 Å². The third-order valence-electron chi connectivity index (χ3n) is 5.89. The third-order valence-corrected chi connectivity index (χ3v) is 5.89. The highest BCUT2D eigenvalue weighted by Gasteiger charge is 2.33. The molecule has 2 fully saturated rings. The lowest BCUT2D eigenvalue weighted by Crippen LogP contribution is -2.34. The molecule has 3 heterocycles. The largest absolute Gasteiger partial charge is 0.383 e. The number of nitrogens with two attached hydrogens (primary N) is 1. The van der Waals surface area contributed by atoms with Gasteiger partial charge < -0.3 is 20.3 Å². The van der Waals surface area contributed by atoms with E-state index in [0.717, 1.165) is 18.7 Å². The van der Waals surface area contributed by atoms with Crippen LogP contribution in [0.25, 0.3) is 5.69 Å². The Kier molecular flexibility index (Phi) is 6.31. The zero-order valence-corrected chi connectivity index (χ0v) is 17.4. The van der Waals surface area contributed by atoms with Gasteiger partial charge in [0.1, 0.15) is 12.4 Å². The smallest absolute Gasteiger partial charge is 0.248 e. The first-order chi connectivity index (χ1) is 15.0. The first-order valence-corrected chi connectivity index (χ1v) is 10.6. The summed E-state index contributed by atoms with van der Waals surface area (Å²) in [6.07, 6.45) is 3.56. The number of anilines is 1. The molecule has 2 aliphatic heterocycles. The van der Waals surface area contributed by atoms with Crippen LogP contribution in [0, 0.1) is 5.92 Å². The lowest BCUT2D eigenvalue weighted by Gasteiger charge is -2.18. The van der Waals surface area contributed by atoms with Crippen LogP contribution in [0.4, 0.5) is 5.82 Å². The number of benzene rings is 1. The van der Waals surface area contributed by atoms with Crippen molar-refractivity contribution in [2.45, 2.75) is 19.3 Å². The van der Waals surface area contributed by atoms with Crippen LogP contribution in [0.5, 0.6) is 0 Å². The molecule has 9 nitrogen and oxygen atoms in total. The number of amides is 2. The number of rotatable bonds is 8. The number of carbonyl (C=O) groups excluding carboxylic acids is 3. The average molecular weight is 425 g/mol. The van der Waals surface area contributed by atoms with Crippen LogP contribution in [0.1, 0.15) is 29.6 Å². The molecule has 0 aliphatic carbocycles. The molecule has 2 amide bonds. The van der Waals surface area contributed by atoms with E-state index in [1.54, 1.807) is 14.5 Å². The molecule has 2 saturated heterocycles. The normalized spacial score (nSPS) is 18.7. The maximum absolute atomic E-state index is 13.0. The summed E-state index contributed by atoms with van der Waals surface area (Å²) in [4.78, 5) is 40.4. The number of Topliss-reactive ketones (excluding diaryl/α,β-unsaturated/α-hetero) is 1. The third kappa shape index (κ3) is 4.61. The minimum absolute atomic E-state index is 0.0446. The Hall–Kier alpha value is -3.20. The molecule has 2 N–H and O–H groups in total. The number of aromatic nitrogens is 2.